The summed E-state index contributed by atoms with van der Waals surface area (Å²) in [4.78, 5) is 37.8. The predicted molar refractivity (Wildman–Crippen MR) is 102 cm³/mol. The van der Waals surface area contributed by atoms with E-state index in [1.54, 1.807) is 4.90 Å². The van der Waals surface area contributed by atoms with Crippen LogP contribution >= 0.6 is 0 Å². The van der Waals surface area contributed by atoms with Gasteiger partial charge in [0.05, 0.1) is 18.1 Å². The van der Waals surface area contributed by atoms with Crippen LogP contribution in [0.15, 0.2) is 51.7 Å². The zero-order valence-corrected chi connectivity index (χ0v) is 15.2. The lowest BCUT2D eigenvalue weighted by Gasteiger charge is -2.22. The first-order valence-corrected chi connectivity index (χ1v) is 8.62. The molecule has 0 aliphatic carbocycles. The molecule has 1 atom stereocenters. The molecule has 1 aliphatic rings. The second-order valence-electron chi connectivity index (χ2n) is 6.63. The summed E-state index contributed by atoms with van der Waals surface area (Å²) >= 11 is 0. The molecule has 0 N–H and O–H groups in total. The van der Waals surface area contributed by atoms with Crippen LogP contribution < -0.4 is 15.3 Å². The first-order valence-electron chi connectivity index (χ1n) is 8.62. The van der Waals surface area contributed by atoms with Gasteiger partial charge >= 0.3 is 5.63 Å². The summed E-state index contributed by atoms with van der Waals surface area (Å²) in [6.07, 6.45) is 0.681. The number of carbonyl (C=O) groups excluding carboxylic acids is 1. The van der Waals surface area contributed by atoms with E-state index in [2.05, 4.69) is 0 Å². The minimum atomic E-state index is -0.818. The zero-order valence-electron chi connectivity index (χ0n) is 15.2. The number of fused-ring (bicyclic) bond motifs is 2. The number of rotatable bonds is 3. The summed E-state index contributed by atoms with van der Waals surface area (Å²) in [5, 5.41) is 11.4. The van der Waals surface area contributed by atoms with Crippen LogP contribution in [0.25, 0.3) is 11.0 Å². The Labute approximate surface area is 159 Å². The lowest BCUT2D eigenvalue weighted by Crippen LogP contribution is -2.38. The summed E-state index contributed by atoms with van der Waals surface area (Å²) in [7, 11) is 1.32. The van der Waals surface area contributed by atoms with E-state index in [9.17, 15) is 19.7 Å². The van der Waals surface area contributed by atoms with Gasteiger partial charge in [-0.25, -0.2) is 4.79 Å². The number of methoxy groups -OCH3 is 1. The molecule has 1 aliphatic heterocycles. The SMILES string of the molecule is COc1cc([N+](=O)[O-])cc2cc(C(=O)N3c4ccccc4CC3C)c(=O)oc12. The number of nitro groups is 1. The Bertz CT molecular complexity index is 1180. The number of nitro benzene ring substituents is 1. The smallest absolute Gasteiger partial charge is 0.349 e. The molecule has 2 aromatic carbocycles. The molecule has 1 aromatic heterocycles. The van der Waals surface area contributed by atoms with Crippen molar-refractivity contribution in [1.29, 1.82) is 0 Å². The first-order chi connectivity index (χ1) is 13.4. The van der Waals surface area contributed by atoms with E-state index in [0.717, 1.165) is 11.3 Å². The van der Waals surface area contributed by atoms with Gasteiger partial charge in [0.1, 0.15) is 5.56 Å². The van der Waals surface area contributed by atoms with E-state index >= 15 is 0 Å². The van der Waals surface area contributed by atoms with Crippen molar-refractivity contribution in [2.75, 3.05) is 12.0 Å². The van der Waals surface area contributed by atoms with E-state index in [1.165, 1.54) is 25.3 Å². The van der Waals surface area contributed by atoms with Crippen molar-refractivity contribution in [1.82, 2.24) is 0 Å². The summed E-state index contributed by atoms with van der Waals surface area (Å²) in [6, 6.07) is 11.1. The number of para-hydroxylation sites is 1. The second kappa shape index (κ2) is 6.49. The van der Waals surface area contributed by atoms with Crippen LogP contribution in [0.1, 0.15) is 22.8 Å². The summed E-state index contributed by atoms with van der Waals surface area (Å²) in [5.41, 5.74) is 0.600. The van der Waals surface area contributed by atoms with Crippen molar-refractivity contribution in [3.8, 4) is 5.75 Å². The highest BCUT2D eigenvalue weighted by Gasteiger charge is 2.33. The van der Waals surface area contributed by atoms with Crippen LogP contribution in [0, 0.1) is 10.1 Å². The van der Waals surface area contributed by atoms with Crippen molar-refractivity contribution < 1.29 is 18.9 Å². The Morgan fingerprint density at radius 1 is 1.29 bits per heavy atom. The maximum Gasteiger partial charge on any atom is 0.349 e. The molecule has 142 valence electrons. The third kappa shape index (κ3) is 2.70. The van der Waals surface area contributed by atoms with Gasteiger partial charge in [-0.05, 0) is 31.0 Å². The molecule has 3 aromatic rings. The predicted octanol–water partition coefficient (Wildman–Crippen LogP) is 3.30. The lowest BCUT2D eigenvalue weighted by molar-refractivity contribution is -0.384. The van der Waals surface area contributed by atoms with Crippen molar-refractivity contribution in [2.24, 2.45) is 0 Å². The van der Waals surface area contributed by atoms with Gasteiger partial charge in [0.25, 0.3) is 11.6 Å². The highest BCUT2D eigenvalue weighted by atomic mass is 16.6. The number of ether oxygens (including phenoxy) is 1. The van der Waals surface area contributed by atoms with Crippen molar-refractivity contribution in [3.05, 3.63) is 74.1 Å². The van der Waals surface area contributed by atoms with E-state index in [0.29, 0.717) is 6.42 Å². The van der Waals surface area contributed by atoms with E-state index in [4.69, 9.17) is 9.15 Å². The van der Waals surface area contributed by atoms with Gasteiger partial charge in [-0.2, -0.15) is 0 Å². The molecule has 8 nitrogen and oxygen atoms in total. The molecule has 2 heterocycles. The van der Waals surface area contributed by atoms with Crippen LogP contribution in [0.5, 0.6) is 5.75 Å². The molecule has 0 radical (unpaired) electrons. The molecule has 0 fully saturated rings. The maximum absolute atomic E-state index is 13.2. The molecular formula is C20H16N2O6. The first kappa shape index (κ1) is 17.7. The van der Waals surface area contributed by atoms with Crippen molar-refractivity contribution in [3.63, 3.8) is 0 Å². The van der Waals surface area contributed by atoms with Gasteiger partial charge < -0.3 is 14.1 Å². The minimum absolute atomic E-state index is 0.0557. The monoisotopic (exact) mass is 380 g/mol. The number of amides is 1. The number of non-ortho nitro benzene ring substituents is 1. The van der Waals surface area contributed by atoms with Crippen LogP contribution in [0.3, 0.4) is 0 Å². The minimum Gasteiger partial charge on any atom is -0.493 e. The number of hydrogen-bond acceptors (Lipinski definition) is 6. The molecule has 4 rings (SSSR count). The highest BCUT2D eigenvalue weighted by Crippen LogP contribution is 2.34. The maximum atomic E-state index is 13.2. The molecule has 1 amide bonds. The van der Waals surface area contributed by atoms with Crippen LogP contribution in [-0.4, -0.2) is 24.0 Å². The van der Waals surface area contributed by atoms with Gasteiger partial charge in [0.2, 0.25) is 0 Å². The van der Waals surface area contributed by atoms with Gasteiger partial charge in [0.15, 0.2) is 11.3 Å². The van der Waals surface area contributed by atoms with Gasteiger partial charge in [-0.15, -0.1) is 0 Å². The number of nitrogens with zero attached hydrogens (tertiary/aromatic N) is 2. The fraction of sp³-hybridized carbons (Fsp3) is 0.200. The summed E-state index contributed by atoms with van der Waals surface area (Å²) in [6.45, 7) is 1.90. The number of benzene rings is 2. The quantitative estimate of drug-likeness (QED) is 0.392. The largest absolute Gasteiger partial charge is 0.493 e. The molecule has 0 bridgehead atoms. The Morgan fingerprint density at radius 3 is 2.75 bits per heavy atom. The van der Waals surface area contributed by atoms with Crippen LogP contribution in [0.4, 0.5) is 11.4 Å². The average Bonchev–Trinajstić information content (AvgIpc) is 3.01. The molecule has 0 saturated heterocycles. The van der Waals surface area contributed by atoms with Crippen molar-refractivity contribution >= 4 is 28.3 Å². The lowest BCUT2D eigenvalue weighted by atomic mass is 10.1. The van der Waals surface area contributed by atoms with Gasteiger partial charge in [-0.3, -0.25) is 14.9 Å². The van der Waals surface area contributed by atoms with Gasteiger partial charge in [0, 0.05) is 23.2 Å². The normalized spacial score (nSPS) is 15.5. The van der Waals surface area contributed by atoms with E-state index < -0.39 is 16.5 Å². The highest BCUT2D eigenvalue weighted by molar-refractivity contribution is 6.09. The average molecular weight is 380 g/mol. The third-order valence-corrected chi connectivity index (χ3v) is 4.87. The second-order valence-corrected chi connectivity index (χ2v) is 6.63. The van der Waals surface area contributed by atoms with Gasteiger partial charge in [-0.1, -0.05) is 18.2 Å². The topological polar surface area (TPSA) is 103 Å². The molecule has 0 saturated carbocycles. The van der Waals surface area contributed by atoms with Crippen LogP contribution in [-0.2, 0) is 6.42 Å². The Kier molecular flexibility index (Phi) is 4.11. The number of hydrogen-bond donors (Lipinski definition) is 0. The standard InChI is InChI=1S/C20H16N2O6/c1-11-7-12-5-3-4-6-16(12)21(11)19(23)15-9-13-8-14(22(25)26)10-17(27-2)18(13)28-20(15)24/h3-6,8-11H,7H2,1-2H3. The van der Waals surface area contributed by atoms with E-state index in [-0.39, 0.29) is 34.0 Å². The Hall–Kier alpha value is -3.68. The Balaban J connectivity index is 1.87. The zero-order chi connectivity index (χ0) is 20.0. The number of anilines is 1. The summed E-state index contributed by atoms with van der Waals surface area (Å²) < 4.78 is 10.4. The molecular weight excluding hydrogens is 364 g/mol. The molecule has 1 unspecified atom stereocenters. The van der Waals surface area contributed by atoms with Crippen LogP contribution in [0.2, 0.25) is 0 Å². The Morgan fingerprint density at radius 2 is 2.04 bits per heavy atom. The fourth-order valence-corrected chi connectivity index (χ4v) is 3.60. The number of carbonyl (C=O) groups is 1. The summed E-state index contributed by atoms with van der Waals surface area (Å²) in [5.74, 6) is -0.446. The third-order valence-electron chi connectivity index (χ3n) is 4.87. The van der Waals surface area contributed by atoms with Crippen molar-refractivity contribution in [2.45, 2.75) is 19.4 Å². The molecule has 28 heavy (non-hydrogen) atoms. The van der Waals surface area contributed by atoms with E-state index in [1.807, 2.05) is 31.2 Å². The molecule has 8 heteroatoms. The molecule has 0 spiro atoms. The fourth-order valence-electron chi connectivity index (χ4n) is 3.60.